The van der Waals surface area contributed by atoms with Gasteiger partial charge >= 0.3 is 11.9 Å². The molecule has 0 saturated heterocycles. The minimum atomic E-state index is -0.523. The predicted octanol–water partition coefficient (Wildman–Crippen LogP) is 4.12. The van der Waals surface area contributed by atoms with Crippen molar-refractivity contribution in [3.05, 3.63) is 0 Å². The summed E-state index contributed by atoms with van der Waals surface area (Å²) in [6, 6.07) is 0. The molecule has 0 aliphatic carbocycles. The summed E-state index contributed by atoms with van der Waals surface area (Å²) in [6.07, 6.45) is 2.95. The van der Waals surface area contributed by atoms with Gasteiger partial charge in [0.25, 0.3) is 0 Å². The molecule has 136 valence electrons. The first kappa shape index (κ1) is 21.9. The molecular weight excluding hydrogens is 300 g/mol. The minimum Gasteiger partial charge on any atom is -0.298 e. The lowest BCUT2D eigenvalue weighted by molar-refractivity contribution is -0.323. The van der Waals surface area contributed by atoms with Gasteiger partial charge in [0.05, 0.1) is 5.92 Å². The highest BCUT2D eigenvalue weighted by Crippen LogP contribution is 2.18. The zero-order chi connectivity index (χ0) is 18.1. The standard InChI is InChI=1S/C17H32O6/c1-8-13(15(19)21-23-17(5,6)7)11-9-10-12-14(18)20-22-16(2,3)4/h13H,8-12H2,1-7H3. The lowest BCUT2D eigenvalue weighted by atomic mass is 9.99. The van der Waals surface area contributed by atoms with Crippen molar-refractivity contribution in [3.8, 4) is 0 Å². The van der Waals surface area contributed by atoms with Crippen LogP contribution in [0.1, 0.15) is 80.6 Å². The molecular formula is C17H32O6. The molecule has 0 amide bonds. The maximum Gasteiger partial charge on any atom is 0.345 e. The maximum atomic E-state index is 11.9. The molecule has 0 aliphatic rings. The van der Waals surface area contributed by atoms with Gasteiger partial charge in [-0.25, -0.2) is 9.59 Å². The van der Waals surface area contributed by atoms with E-state index in [-0.39, 0.29) is 18.3 Å². The van der Waals surface area contributed by atoms with Gasteiger partial charge < -0.3 is 0 Å². The molecule has 0 aromatic heterocycles. The molecule has 23 heavy (non-hydrogen) atoms. The van der Waals surface area contributed by atoms with Crippen LogP contribution in [0.25, 0.3) is 0 Å². The van der Waals surface area contributed by atoms with Crippen molar-refractivity contribution in [3.63, 3.8) is 0 Å². The molecule has 0 saturated carbocycles. The summed E-state index contributed by atoms with van der Waals surface area (Å²) in [6.45, 7) is 12.8. The fourth-order valence-electron chi connectivity index (χ4n) is 1.60. The van der Waals surface area contributed by atoms with Gasteiger partial charge in [-0.3, -0.25) is 9.78 Å². The van der Waals surface area contributed by atoms with E-state index in [0.29, 0.717) is 19.3 Å². The van der Waals surface area contributed by atoms with Crippen molar-refractivity contribution < 1.29 is 29.1 Å². The second kappa shape index (κ2) is 9.88. The average molecular weight is 332 g/mol. The smallest absolute Gasteiger partial charge is 0.298 e. The summed E-state index contributed by atoms with van der Waals surface area (Å²) >= 11 is 0. The molecule has 0 aromatic carbocycles. The molecule has 6 heteroatoms. The third kappa shape index (κ3) is 13.0. The molecule has 0 aromatic rings. The molecule has 0 N–H and O–H groups in total. The van der Waals surface area contributed by atoms with Gasteiger partial charge in [0.2, 0.25) is 0 Å². The van der Waals surface area contributed by atoms with Crippen molar-refractivity contribution in [2.75, 3.05) is 0 Å². The number of carbonyl (C=O) groups is 2. The van der Waals surface area contributed by atoms with Crippen molar-refractivity contribution in [2.24, 2.45) is 5.92 Å². The van der Waals surface area contributed by atoms with E-state index < -0.39 is 17.2 Å². The highest BCUT2D eigenvalue weighted by molar-refractivity contribution is 5.71. The largest absolute Gasteiger partial charge is 0.345 e. The van der Waals surface area contributed by atoms with Crippen LogP contribution in [-0.2, 0) is 29.1 Å². The predicted molar refractivity (Wildman–Crippen MR) is 86.1 cm³/mol. The first-order valence-electron chi connectivity index (χ1n) is 8.22. The second-order valence-corrected chi connectivity index (χ2v) is 7.60. The Labute approximate surface area is 139 Å². The van der Waals surface area contributed by atoms with Crippen LogP contribution < -0.4 is 0 Å². The van der Waals surface area contributed by atoms with E-state index >= 15 is 0 Å². The Kier molecular flexibility index (Phi) is 9.39. The molecule has 0 radical (unpaired) electrons. The van der Waals surface area contributed by atoms with E-state index in [4.69, 9.17) is 19.6 Å². The number of hydrogen-bond donors (Lipinski definition) is 0. The monoisotopic (exact) mass is 332 g/mol. The van der Waals surface area contributed by atoms with Gasteiger partial charge in [0.1, 0.15) is 11.2 Å². The van der Waals surface area contributed by atoms with Crippen LogP contribution in [0.2, 0.25) is 0 Å². The lowest BCUT2D eigenvalue weighted by Gasteiger charge is -2.19. The number of carbonyl (C=O) groups excluding carboxylic acids is 2. The van der Waals surface area contributed by atoms with E-state index in [1.807, 2.05) is 27.7 Å². The van der Waals surface area contributed by atoms with Gasteiger partial charge in [-0.2, -0.15) is 9.78 Å². The highest BCUT2D eigenvalue weighted by Gasteiger charge is 2.22. The summed E-state index contributed by atoms with van der Waals surface area (Å²) in [5, 5.41) is 0. The second-order valence-electron chi connectivity index (χ2n) is 7.60. The third-order valence-electron chi connectivity index (χ3n) is 2.77. The Bertz CT molecular complexity index is 364. The SMILES string of the molecule is CCC(CCCCC(=O)OOC(C)(C)C)C(=O)OOC(C)(C)C. The molecule has 0 aliphatic heterocycles. The van der Waals surface area contributed by atoms with Crippen molar-refractivity contribution in [1.82, 2.24) is 0 Å². The fourth-order valence-corrected chi connectivity index (χ4v) is 1.60. The van der Waals surface area contributed by atoms with E-state index in [2.05, 4.69) is 0 Å². The molecule has 0 fully saturated rings. The molecule has 0 bridgehead atoms. The van der Waals surface area contributed by atoms with Crippen LogP contribution in [0.5, 0.6) is 0 Å². The Morgan fingerprint density at radius 3 is 1.87 bits per heavy atom. The van der Waals surface area contributed by atoms with E-state index in [9.17, 15) is 9.59 Å². The minimum absolute atomic E-state index is 0.223. The van der Waals surface area contributed by atoms with Crippen LogP contribution in [0.3, 0.4) is 0 Å². The molecule has 1 unspecified atom stereocenters. The number of unbranched alkanes of at least 4 members (excludes halogenated alkanes) is 1. The first-order chi connectivity index (χ1) is 10.4. The molecule has 6 nitrogen and oxygen atoms in total. The van der Waals surface area contributed by atoms with Gasteiger partial charge in [0.15, 0.2) is 0 Å². The quantitative estimate of drug-likeness (QED) is 0.359. The average Bonchev–Trinajstić information content (AvgIpc) is 2.41. The first-order valence-corrected chi connectivity index (χ1v) is 8.22. The van der Waals surface area contributed by atoms with E-state index in [1.165, 1.54) is 0 Å². The molecule has 1 atom stereocenters. The Balaban J connectivity index is 3.95. The normalized spacial score (nSPS) is 13.5. The van der Waals surface area contributed by atoms with E-state index in [0.717, 1.165) is 6.42 Å². The number of hydrogen-bond acceptors (Lipinski definition) is 6. The fraction of sp³-hybridized carbons (Fsp3) is 0.882. The Morgan fingerprint density at radius 2 is 1.39 bits per heavy atom. The van der Waals surface area contributed by atoms with Gasteiger partial charge in [-0.05, 0) is 60.8 Å². The van der Waals surface area contributed by atoms with E-state index in [1.54, 1.807) is 20.8 Å². The zero-order valence-corrected chi connectivity index (χ0v) is 15.6. The summed E-state index contributed by atoms with van der Waals surface area (Å²) in [5.41, 5.74) is -1.04. The summed E-state index contributed by atoms with van der Waals surface area (Å²) < 4.78 is 0. The summed E-state index contributed by atoms with van der Waals surface area (Å²) in [7, 11) is 0. The lowest BCUT2D eigenvalue weighted by Crippen LogP contribution is -2.25. The van der Waals surface area contributed by atoms with Crippen molar-refractivity contribution >= 4 is 11.9 Å². The zero-order valence-electron chi connectivity index (χ0n) is 15.6. The Morgan fingerprint density at radius 1 is 0.870 bits per heavy atom. The number of rotatable bonds is 9. The molecule has 0 rings (SSSR count). The maximum absolute atomic E-state index is 11.9. The molecule has 0 heterocycles. The van der Waals surface area contributed by atoms with Crippen LogP contribution in [0, 0.1) is 5.92 Å². The molecule has 0 spiro atoms. The summed E-state index contributed by atoms with van der Waals surface area (Å²) in [5.74, 6) is -0.980. The van der Waals surface area contributed by atoms with Gasteiger partial charge in [0, 0.05) is 6.42 Å². The Hall–Kier alpha value is -1.14. The van der Waals surface area contributed by atoms with Crippen molar-refractivity contribution in [1.29, 1.82) is 0 Å². The van der Waals surface area contributed by atoms with Crippen LogP contribution in [0.4, 0.5) is 0 Å². The topological polar surface area (TPSA) is 71.1 Å². The van der Waals surface area contributed by atoms with Crippen LogP contribution in [0.15, 0.2) is 0 Å². The van der Waals surface area contributed by atoms with Gasteiger partial charge in [-0.1, -0.05) is 13.3 Å². The summed E-state index contributed by atoms with van der Waals surface area (Å²) in [4.78, 5) is 43.0. The van der Waals surface area contributed by atoms with Crippen molar-refractivity contribution in [2.45, 2.75) is 91.8 Å². The van der Waals surface area contributed by atoms with Crippen LogP contribution >= 0.6 is 0 Å². The highest BCUT2D eigenvalue weighted by atomic mass is 17.2. The van der Waals surface area contributed by atoms with Crippen LogP contribution in [-0.4, -0.2) is 23.1 Å². The van der Waals surface area contributed by atoms with Gasteiger partial charge in [-0.15, -0.1) is 0 Å². The third-order valence-corrected chi connectivity index (χ3v) is 2.77.